The lowest BCUT2D eigenvalue weighted by molar-refractivity contribution is 0.659. The van der Waals surface area contributed by atoms with Crippen LogP contribution in [0.25, 0.3) is 76.8 Å². The first-order chi connectivity index (χ1) is 31.0. The highest BCUT2D eigenvalue weighted by Crippen LogP contribution is 2.55. The molecule has 0 amide bonds. The Balaban J connectivity index is 0.946. The minimum atomic E-state index is -0.217. The maximum Gasteiger partial charge on any atom is 0.0465 e. The molecule has 3 aliphatic carbocycles. The number of hydrogen-bond donors (Lipinski definition) is 0. The minimum Gasteiger partial charge on any atom is -0.310 e. The van der Waals surface area contributed by atoms with Crippen molar-refractivity contribution in [3.05, 3.63) is 221 Å². The first-order valence-corrected chi connectivity index (χ1v) is 22.9. The van der Waals surface area contributed by atoms with E-state index in [4.69, 9.17) is 0 Å². The summed E-state index contributed by atoms with van der Waals surface area (Å²) >= 11 is 0. The molecular formula is C63H49N. The summed E-state index contributed by atoms with van der Waals surface area (Å²) in [5.41, 5.74) is 21.9. The van der Waals surface area contributed by atoms with Crippen LogP contribution in [0.3, 0.4) is 0 Å². The summed E-state index contributed by atoms with van der Waals surface area (Å²) in [5.74, 6) is 0. The Hall–Kier alpha value is -7.22. The van der Waals surface area contributed by atoms with Crippen molar-refractivity contribution in [2.24, 2.45) is 0 Å². The Morgan fingerprint density at radius 2 is 0.562 bits per heavy atom. The summed E-state index contributed by atoms with van der Waals surface area (Å²) in [4.78, 5) is 2.52. The fraction of sp³-hybridized carbons (Fsp3) is 0.143. The van der Waals surface area contributed by atoms with E-state index in [-0.39, 0.29) is 16.2 Å². The quantitative estimate of drug-likeness (QED) is 0.160. The molecule has 3 aliphatic rings. The molecule has 0 heterocycles. The van der Waals surface area contributed by atoms with Gasteiger partial charge in [-0.05, 0) is 159 Å². The molecule has 10 aromatic carbocycles. The lowest BCUT2D eigenvalue weighted by Gasteiger charge is -2.31. The van der Waals surface area contributed by atoms with Gasteiger partial charge in [-0.3, -0.25) is 0 Å². The molecule has 0 radical (unpaired) electrons. The van der Waals surface area contributed by atoms with Crippen molar-refractivity contribution in [3.8, 4) is 44.5 Å². The van der Waals surface area contributed by atoms with E-state index in [0.29, 0.717) is 0 Å². The normalized spacial score (nSPS) is 15.4. The van der Waals surface area contributed by atoms with Crippen molar-refractivity contribution >= 4 is 49.4 Å². The van der Waals surface area contributed by atoms with E-state index in [2.05, 4.69) is 234 Å². The van der Waals surface area contributed by atoms with Gasteiger partial charge in [-0.2, -0.15) is 0 Å². The van der Waals surface area contributed by atoms with Crippen LogP contribution in [0.15, 0.2) is 188 Å². The molecule has 0 fully saturated rings. The van der Waals surface area contributed by atoms with Crippen molar-refractivity contribution in [3.63, 3.8) is 0 Å². The van der Waals surface area contributed by atoms with Crippen LogP contribution in [0.4, 0.5) is 17.1 Å². The highest BCUT2D eigenvalue weighted by atomic mass is 15.1. The van der Waals surface area contributed by atoms with E-state index in [1.807, 2.05) is 0 Å². The summed E-state index contributed by atoms with van der Waals surface area (Å²) in [6, 6.07) is 71.5. The van der Waals surface area contributed by atoms with Crippen molar-refractivity contribution in [2.45, 2.75) is 57.8 Å². The predicted molar refractivity (Wildman–Crippen MR) is 272 cm³/mol. The molecule has 10 aromatic rings. The fourth-order valence-electron chi connectivity index (χ4n) is 12.2. The Morgan fingerprint density at radius 3 is 1.03 bits per heavy atom. The van der Waals surface area contributed by atoms with E-state index in [1.54, 1.807) is 0 Å². The van der Waals surface area contributed by atoms with Crippen LogP contribution in [0.5, 0.6) is 0 Å². The monoisotopic (exact) mass is 819 g/mol. The topological polar surface area (TPSA) is 3.24 Å². The molecule has 0 spiro atoms. The Labute approximate surface area is 376 Å². The average Bonchev–Trinajstić information content (AvgIpc) is 3.80. The van der Waals surface area contributed by atoms with E-state index >= 15 is 0 Å². The van der Waals surface area contributed by atoms with Crippen molar-refractivity contribution < 1.29 is 0 Å². The average molecular weight is 820 g/mol. The highest BCUT2D eigenvalue weighted by Gasteiger charge is 2.39. The number of hydrogen-bond acceptors (Lipinski definition) is 1. The number of fused-ring (bicyclic) bond motifs is 15. The first kappa shape index (κ1) is 37.3. The van der Waals surface area contributed by atoms with Gasteiger partial charge in [0.25, 0.3) is 0 Å². The van der Waals surface area contributed by atoms with Gasteiger partial charge in [-0.15, -0.1) is 0 Å². The number of benzene rings is 10. The van der Waals surface area contributed by atoms with Gasteiger partial charge in [0.05, 0.1) is 0 Å². The van der Waals surface area contributed by atoms with Gasteiger partial charge < -0.3 is 4.90 Å². The molecule has 0 aromatic heterocycles. The zero-order chi connectivity index (χ0) is 43.3. The molecule has 0 saturated carbocycles. The Kier molecular flexibility index (Phi) is 7.54. The van der Waals surface area contributed by atoms with E-state index in [9.17, 15) is 0 Å². The van der Waals surface area contributed by atoms with Crippen molar-refractivity contribution in [1.29, 1.82) is 0 Å². The molecule has 64 heavy (non-hydrogen) atoms. The molecule has 0 saturated heterocycles. The van der Waals surface area contributed by atoms with Crippen molar-refractivity contribution in [2.75, 3.05) is 4.90 Å². The summed E-state index contributed by atoms with van der Waals surface area (Å²) in [7, 11) is 0. The molecule has 13 rings (SSSR count). The second kappa shape index (κ2) is 12.9. The fourth-order valence-corrected chi connectivity index (χ4v) is 12.2. The van der Waals surface area contributed by atoms with Crippen LogP contribution < -0.4 is 4.90 Å². The van der Waals surface area contributed by atoms with Crippen LogP contribution >= 0.6 is 0 Å². The van der Waals surface area contributed by atoms with Crippen LogP contribution in [0, 0.1) is 0 Å². The third kappa shape index (κ3) is 5.01. The Morgan fingerprint density at radius 1 is 0.250 bits per heavy atom. The maximum atomic E-state index is 2.52. The molecule has 0 unspecified atom stereocenters. The van der Waals surface area contributed by atoms with Gasteiger partial charge in [-0.25, -0.2) is 0 Å². The summed E-state index contributed by atoms with van der Waals surface area (Å²) in [6.45, 7) is 14.4. The van der Waals surface area contributed by atoms with Crippen LogP contribution in [0.2, 0.25) is 0 Å². The third-order valence-electron chi connectivity index (χ3n) is 15.6. The summed E-state index contributed by atoms with van der Waals surface area (Å²) in [6.07, 6.45) is 0. The van der Waals surface area contributed by atoms with Gasteiger partial charge in [0, 0.05) is 33.3 Å². The zero-order valence-corrected chi connectivity index (χ0v) is 37.3. The number of nitrogens with zero attached hydrogens (tertiary/aromatic N) is 1. The van der Waals surface area contributed by atoms with Crippen LogP contribution in [0.1, 0.15) is 74.9 Å². The van der Waals surface area contributed by atoms with E-state index in [0.717, 1.165) is 0 Å². The van der Waals surface area contributed by atoms with E-state index < -0.39 is 0 Å². The van der Waals surface area contributed by atoms with Crippen LogP contribution in [-0.2, 0) is 16.2 Å². The third-order valence-corrected chi connectivity index (χ3v) is 15.6. The smallest absolute Gasteiger partial charge is 0.0465 e. The highest BCUT2D eigenvalue weighted by molar-refractivity contribution is 6.25. The summed E-state index contributed by atoms with van der Waals surface area (Å²) < 4.78 is 0. The lowest BCUT2D eigenvalue weighted by Crippen LogP contribution is -2.19. The van der Waals surface area contributed by atoms with E-state index in [1.165, 1.54) is 127 Å². The van der Waals surface area contributed by atoms with Gasteiger partial charge in [-0.1, -0.05) is 181 Å². The molecule has 0 aliphatic heterocycles. The molecule has 0 N–H and O–H groups in total. The summed E-state index contributed by atoms with van der Waals surface area (Å²) in [5, 5.41) is 7.83. The van der Waals surface area contributed by atoms with Gasteiger partial charge in [0.15, 0.2) is 0 Å². The number of anilines is 3. The minimum absolute atomic E-state index is 0.111. The van der Waals surface area contributed by atoms with Crippen LogP contribution in [-0.4, -0.2) is 0 Å². The molecule has 306 valence electrons. The van der Waals surface area contributed by atoms with Gasteiger partial charge in [0.1, 0.15) is 0 Å². The molecule has 0 atom stereocenters. The first-order valence-electron chi connectivity index (χ1n) is 22.9. The standard InChI is InChI=1S/C63H49N/c1-61(2)55-21-13-11-19-48(55)51-30-25-40(35-58(51)61)64(41-26-31-52-49-20-12-14-22-56(49)62(3,4)59(52)36-41)42-27-32-53-50-29-24-39(34-57(50)63(5,6)60(53)37-42)38-23-28-47-45-17-8-7-15-43(45)44-16-9-10-18-46(44)54(47)33-38/h7-37H,1-6H3. The van der Waals surface area contributed by atoms with Crippen molar-refractivity contribution in [1.82, 2.24) is 0 Å². The van der Waals surface area contributed by atoms with Gasteiger partial charge >= 0.3 is 0 Å². The largest absolute Gasteiger partial charge is 0.310 e. The molecular weight excluding hydrogens is 771 g/mol. The molecule has 0 bridgehead atoms. The zero-order valence-electron chi connectivity index (χ0n) is 37.3. The molecule has 1 nitrogen and oxygen atoms in total. The maximum absolute atomic E-state index is 2.52. The number of rotatable bonds is 4. The lowest BCUT2D eigenvalue weighted by atomic mass is 9.81. The second-order valence-corrected chi connectivity index (χ2v) is 20.1. The van der Waals surface area contributed by atoms with Gasteiger partial charge in [0.2, 0.25) is 0 Å². The predicted octanol–water partition coefficient (Wildman–Crippen LogP) is 17.2. The molecule has 1 heteroatoms. The SMILES string of the molecule is CC1(C)c2ccccc2-c2ccc(N(c3ccc4c(c3)C(C)(C)c3ccccc3-4)c3ccc4c(c3)C(C)(C)c3cc(-c5ccc6c7ccccc7c7ccccc7c6c5)ccc3-4)cc21. The Bertz CT molecular complexity index is 3510. The second-order valence-electron chi connectivity index (χ2n) is 20.1.